The molecular formula is C13H16BrFN2O2. The molecule has 2 amide bonds. The number of hydrogen-bond donors (Lipinski definition) is 1. The number of carbonyl (C=O) groups is 2. The molecule has 0 saturated carbocycles. The van der Waals surface area contributed by atoms with Crippen LogP contribution >= 0.6 is 15.9 Å². The maximum Gasteiger partial charge on any atom is 0.253 e. The molecule has 1 aromatic rings. The SMILES string of the molecule is CCN(C)C(=O)C(C)NC(=O)c1cc(F)ccc1Br. The Bertz CT molecular complexity index is 494. The molecule has 0 aliphatic carbocycles. The van der Waals surface area contributed by atoms with E-state index in [1.807, 2.05) is 6.92 Å². The smallest absolute Gasteiger partial charge is 0.253 e. The Balaban J connectivity index is 2.80. The highest BCUT2D eigenvalue weighted by molar-refractivity contribution is 9.10. The summed E-state index contributed by atoms with van der Waals surface area (Å²) in [7, 11) is 1.66. The highest BCUT2D eigenvalue weighted by Crippen LogP contribution is 2.17. The number of nitrogens with one attached hydrogen (secondary N) is 1. The summed E-state index contributed by atoms with van der Waals surface area (Å²) in [6.45, 7) is 4.00. The lowest BCUT2D eigenvalue weighted by Crippen LogP contribution is -2.45. The summed E-state index contributed by atoms with van der Waals surface area (Å²) < 4.78 is 13.6. The van der Waals surface area contributed by atoms with Crippen LogP contribution in [0.15, 0.2) is 22.7 Å². The van der Waals surface area contributed by atoms with E-state index in [0.717, 1.165) is 6.07 Å². The van der Waals surface area contributed by atoms with Crippen molar-refractivity contribution in [2.75, 3.05) is 13.6 Å². The van der Waals surface area contributed by atoms with E-state index in [-0.39, 0.29) is 11.5 Å². The van der Waals surface area contributed by atoms with Crippen LogP contribution in [0.4, 0.5) is 4.39 Å². The van der Waals surface area contributed by atoms with Gasteiger partial charge in [0.2, 0.25) is 5.91 Å². The molecule has 19 heavy (non-hydrogen) atoms. The Morgan fingerprint density at radius 1 is 1.47 bits per heavy atom. The molecule has 0 aliphatic heterocycles. The van der Waals surface area contributed by atoms with Crippen molar-refractivity contribution < 1.29 is 14.0 Å². The van der Waals surface area contributed by atoms with E-state index in [0.29, 0.717) is 11.0 Å². The Morgan fingerprint density at radius 3 is 2.68 bits per heavy atom. The Morgan fingerprint density at radius 2 is 2.11 bits per heavy atom. The maximum absolute atomic E-state index is 13.1. The van der Waals surface area contributed by atoms with Gasteiger partial charge in [0.05, 0.1) is 5.56 Å². The molecule has 0 heterocycles. The second-order valence-electron chi connectivity index (χ2n) is 4.17. The van der Waals surface area contributed by atoms with Gasteiger partial charge in [-0.15, -0.1) is 0 Å². The Labute approximate surface area is 120 Å². The van der Waals surface area contributed by atoms with Gasteiger partial charge in [-0.3, -0.25) is 9.59 Å². The fourth-order valence-corrected chi connectivity index (χ4v) is 1.92. The quantitative estimate of drug-likeness (QED) is 0.919. The third-order valence-electron chi connectivity index (χ3n) is 2.74. The van der Waals surface area contributed by atoms with Gasteiger partial charge < -0.3 is 10.2 Å². The second-order valence-corrected chi connectivity index (χ2v) is 5.03. The monoisotopic (exact) mass is 330 g/mol. The molecule has 0 saturated heterocycles. The number of rotatable bonds is 4. The van der Waals surface area contributed by atoms with Crippen molar-refractivity contribution in [3.05, 3.63) is 34.1 Å². The average molecular weight is 331 g/mol. The number of amides is 2. The minimum absolute atomic E-state index is 0.166. The minimum atomic E-state index is -0.660. The molecule has 104 valence electrons. The van der Waals surface area contributed by atoms with Crippen molar-refractivity contribution in [2.45, 2.75) is 19.9 Å². The van der Waals surface area contributed by atoms with Gasteiger partial charge in [0.15, 0.2) is 0 Å². The van der Waals surface area contributed by atoms with Crippen molar-refractivity contribution in [2.24, 2.45) is 0 Å². The topological polar surface area (TPSA) is 49.4 Å². The predicted molar refractivity (Wildman–Crippen MR) is 74.3 cm³/mol. The molecule has 4 nitrogen and oxygen atoms in total. The Kier molecular flexibility index (Phi) is 5.47. The molecular weight excluding hydrogens is 315 g/mol. The van der Waals surface area contributed by atoms with Crippen LogP contribution in [0.5, 0.6) is 0 Å². The van der Waals surface area contributed by atoms with Crippen molar-refractivity contribution in [3.63, 3.8) is 0 Å². The zero-order chi connectivity index (χ0) is 14.6. The molecule has 1 unspecified atom stereocenters. The number of hydrogen-bond acceptors (Lipinski definition) is 2. The minimum Gasteiger partial charge on any atom is -0.344 e. The van der Waals surface area contributed by atoms with E-state index in [1.165, 1.54) is 17.0 Å². The molecule has 0 bridgehead atoms. The van der Waals surface area contributed by atoms with E-state index in [9.17, 15) is 14.0 Å². The van der Waals surface area contributed by atoms with Crippen LogP contribution in [0, 0.1) is 5.82 Å². The van der Waals surface area contributed by atoms with Crippen molar-refractivity contribution >= 4 is 27.7 Å². The first-order valence-corrected chi connectivity index (χ1v) is 6.67. The zero-order valence-corrected chi connectivity index (χ0v) is 12.6. The lowest BCUT2D eigenvalue weighted by Gasteiger charge is -2.20. The van der Waals surface area contributed by atoms with Gasteiger partial charge in [0.1, 0.15) is 11.9 Å². The van der Waals surface area contributed by atoms with E-state index < -0.39 is 17.8 Å². The van der Waals surface area contributed by atoms with E-state index in [4.69, 9.17) is 0 Å². The van der Waals surface area contributed by atoms with E-state index in [2.05, 4.69) is 21.2 Å². The van der Waals surface area contributed by atoms with Gasteiger partial charge in [-0.2, -0.15) is 0 Å². The Hall–Kier alpha value is -1.43. The summed E-state index contributed by atoms with van der Waals surface area (Å²) in [5, 5.41) is 2.55. The lowest BCUT2D eigenvalue weighted by atomic mass is 10.2. The van der Waals surface area contributed by atoms with Gasteiger partial charge in [-0.25, -0.2) is 4.39 Å². The van der Waals surface area contributed by atoms with Crippen molar-refractivity contribution in [3.8, 4) is 0 Å². The second kappa shape index (κ2) is 6.65. The average Bonchev–Trinajstić information content (AvgIpc) is 2.39. The molecule has 0 fully saturated rings. The van der Waals surface area contributed by atoms with E-state index >= 15 is 0 Å². The van der Waals surface area contributed by atoms with Gasteiger partial charge >= 0.3 is 0 Å². The number of halogens is 2. The van der Waals surface area contributed by atoms with Crippen LogP contribution < -0.4 is 5.32 Å². The molecule has 0 aliphatic rings. The summed E-state index contributed by atoms with van der Waals surface area (Å²) in [6.07, 6.45) is 0. The van der Waals surface area contributed by atoms with Crippen LogP contribution in [0.25, 0.3) is 0 Å². The summed E-state index contributed by atoms with van der Waals surface area (Å²) in [5.74, 6) is -1.18. The highest BCUT2D eigenvalue weighted by Gasteiger charge is 2.20. The van der Waals surface area contributed by atoms with Crippen LogP contribution in [0.1, 0.15) is 24.2 Å². The van der Waals surface area contributed by atoms with Gasteiger partial charge in [0.25, 0.3) is 5.91 Å². The van der Waals surface area contributed by atoms with E-state index in [1.54, 1.807) is 14.0 Å². The number of nitrogens with zero attached hydrogens (tertiary/aromatic N) is 1. The first kappa shape index (κ1) is 15.6. The fraction of sp³-hybridized carbons (Fsp3) is 0.385. The molecule has 1 aromatic carbocycles. The predicted octanol–water partition coefficient (Wildman–Crippen LogP) is 2.18. The molecule has 1 rings (SSSR count). The summed E-state index contributed by atoms with van der Waals surface area (Å²) in [5.41, 5.74) is 0.166. The first-order chi connectivity index (χ1) is 8.86. The van der Waals surface area contributed by atoms with Crippen molar-refractivity contribution in [1.82, 2.24) is 10.2 Å². The fourth-order valence-electron chi connectivity index (χ4n) is 1.49. The lowest BCUT2D eigenvalue weighted by molar-refractivity contribution is -0.131. The highest BCUT2D eigenvalue weighted by atomic mass is 79.9. The van der Waals surface area contributed by atoms with Crippen LogP contribution in [-0.4, -0.2) is 36.3 Å². The maximum atomic E-state index is 13.1. The van der Waals surface area contributed by atoms with Gasteiger partial charge in [-0.05, 0) is 48.0 Å². The third kappa shape index (κ3) is 4.02. The first-order valence-electron chi connectivity index (χ1n) is 5.87. The largest absolute Gasteiger partial charge is 0.344 e. The zero-order valence-electron chi connectivity index (χ0n) is 11.0. The van der Waals surface area contributed by atoms with Crippen LogP contribution in [-0.2, 0) is 4.79 Å². The summed E-state index contributed by atoms with van der Waals surface area (Å²) in [4.78, 5) is 25.3. The number of carbonyl (C=O) groups excluding carboxylic acids is 2. The molecule has 0 radical (unpaired) electrons. The molecule has 1 atom stereocenters. The van der Waals surface area contributed by atoms with Crippen LogP contribution in [0.2, 0.25) is 0 Å². The number of benzene rings is 1. The molecule has 6 heteroatoms. The number of likely N-dealkylation sites (N-methyl/N-ethyl adjacent to an activating group) is 1. The molecule has 0 aromatic heterocycles. The standard InChI is InChI=1S/C13H16BrFN2O2/c1-4-17(3)13(19)8(2)16-12(18)10-7-9(15)5-6-11(10)14/h5-8H,4H2,1-3H3,(H,16,18). The summed E-state index contributed by atoms with van der Waals surface area (Å²) in [6, 6.07) is 3.17. The summed E-state index contributed by atoms with van der Waals surface area (Å²) >= 11 is 3.18. The van der Waals surface area contributed by atoms with Crippen molar-refractivity contribution in [1.29, 1.82) is 0 Å². The van der Waals surface area contributed by atoms with Gasteiger partial charge in [-0.1, -0.05) is 0 Å². The van der Waals surface area contributed by atoms with Gasteiger partial charge in [0, 0.05) is 18.1 Å². The molecule has 1 N–H and O–H groups in total. The molecule has 0 spiro atoms. The third-order valence-corrected chi connectivity index (χ3v) is 3.43. The van der Waals surface area contributed by atoms with Crippen LogP contribution in [0.3, 0.4) is 0 Å². The normalized spacial score (nSPS) is 11.8.